The molecule has 1 saturated heterocycles. The molecule has 0 saturated carbocycles. The minimum Gasteiger partial charge on any atom is -0.326 e. The number of hydrogen-bond acceptors (Lipinski definition) is 3. The summed E-state index contributed by atoms with van der Waals surface area (Å²) >= 11 is 1.93. The van der Waals surface area contributed by atoms with Gasteiger partial charge in [-0.1, -0.05) is 17.7 Å². The lowest BCUT2D eigenvalue weighted by Gasteiger charge is -2.14. The zero-order valence-electron chi connectivity index (χ0n) is 9.86. The first kappa shape index (κ1) is 12.0. The predicted octanol–water partition coefficient (Wildman–Crippen LogP) is 2.12. The summed E-state index contributed by atoms with van der Waals surface area (Å²) in [5, 5.41) is 0. The van der Waals surface area contributed by atoms with Crippen molar-refractivity contribution in [2.45, 2.75) is 24.3 Å². The lowest BCUT2D eigenvalue weighted by molar-refractivity contribution is 0.357. The summed E-state index contributed by atoms with van der Waals surface area (Å²) in [5.74, 6) is 1.16. The van der Waals surface area contributed by atoms with Crippen LogP contribution in [0.2, 0.25) is 0 Å². The summed E-state index contributed by atoms with van der Waals surface area (Å²) in [6.07, 6.45) is 1.16. The molecule has 0 aromatic heterocycles. The number of thioether (sulfide) groups is 1. The molecule has 2 rings (SSSR count). The molecule has 1 aromatic carbocycles. The van der Waals surface area contributed by atoms with Crippen LogP contribution in [0.1, 0.15) is 12.0 Å². The van der Waals surface area contributed by atoms with Crippen LogP contribution in [0.3, 0.4) is 0 Å². The monoisotopic (exact) mass is 236 g/mol. The van der Waals surface area contributed by atoms with Gasteiger partial charge in [0.1, 0.15) is 0 Å². The molecule has 88 valence electrons. The van der Waals surface area contributed by atoms with Crippen molar-refractivity contribution in [2.24, 2.45) is 5.73 Å². The molecule has 0 spiro atoms. The van der Waals surface area contributed by atoms with Gasteiger partial charge in [0.25, 0.3) is 0 Å². The number of benzene rings is 1. The molecule has 1 aromatic rings. The van der Waals surface area contributed by atoms with Crippen molar-refractivity contribution < 1.29 is 0 Å². The summed E-state index contributed by atoms with van der Waals surface area (Å²) < 4.78 is 0. The van der Waals surface area contributed by atoms with Crippen molar-refractivity contribution in [2.75, 3.05) is 25.4 Å². The highest BCUT2D eigenvalue weighted by Gasteiger charge is 2.17. The van der Waals surface area contributed by atoms with Gasteiger partial charge in [-0.15, -0.1) is 11.8 Å². The first-order valence-corrected chi connectivity index (χ1v) is 6.90. The van der Waals surface area contributed by atoms with Crippen LogP contribution in [-0.2, 0) is 0 Å². The van der Waals surface area contributed by atoms with Crippen molar-refractivity contribution >= 4 is 11.8 Å². The quantitative estimate of drug-likeness (QED) is 0.812. The average Bonchev–Trinajstić information content (AvgIpc) is 2.67. The molecule has 1 unspecified atom stereocenters. The van der Waals surface area contributed by atoms with Crippen LogP contribution in [0.15, 0.2) is 29.2 Å². The fourth-order valence-electron chi connectivity index (χ4n) is 1.99. The third-order valence-corrected chi connectivity index (χ3v) is 4.00. The smallest absolute Gasteiger partial charge is 0.0180 e. The molecule has 0 radical (unpaired) electrons. The molecule has 1 aliphatic heterocycles. The van der Waals surface area contributed by atoms with Gasteiger partial charge in [-0.25, -0.2) is 0 Å². The number of aryl methyl sites for hydroxylation is 1. The van der Waals surface area contributed by atoms with Crippen molar-refractivity contribution in [1.82, 2.24) is 4.90 Å². The van der Waals surface area contributed by atoms with Gasteiger partial charge in [-0.2, -0.15) is 0 Å². The molecule has 2 N–H and O–H groups in total. The van der Waals surface area contributed by atoms with E-state index < -0.39 is 0 Å². The van der Waals surface area contributed by atoms with Gasteiger partial charge in [0, 0.05) is 29.8 Å². The van der Waals surface area contributed by atoms with E-state index in [0.717, 1.165) is 25.3 Å². The third-order valence-electron chi connectivity index (χ3n) is 3.01. The number of hydrogen-bond donors (Lipinski definition) is 1. The topological polar surface area (TPSA) is 29.3 Å². The Labute approximate surface area is 102 Å². The fourth-order valence-corrected chi connectivity index (χ4v) is 2.91. The minimum atomic E-state index is 0.407. The van der Waals surface area contributed by atoms with Gasteiger partial charge in [0.05, 0.1) is 0 Å². The highest BCUT2D eigenvalue weighted by molar-refractivity contribution is 7.99. The van der Waals surface area contributed by atoms with Crippen molar-refractivity contribution in [1.29, 1.82) is 0 Å². The number of nitrogens with two attached hydrogens (primary N) is 1. The Morgan fingerprint density at radius 2 is 2.12 bits per heavy atom. The van der Waals surface area contributed by atoms with E-state index in [1.807, 2.05) is 11.8 Å². The summed E-state index contributed by atoms with van der Waals surface area (Å²) in [4.78, 5) is 3.83. The van der Waals surface area contributed by atoms with Crippen LogP contribution in [0.5, 0.6) is 0 Å². The van der Waals surface area contributed by atoms with Crippen LogP contribution in [-0.4, -0.2) is 36.3 Å². The van der Waals surface area contributed by atoms with Crippen LogP contribution in [0.4, 0.5) is 0 Å². The van der Waals surface area contributed by atoms with Gasteiger partial charge >= 0.3 is 0 Å². The van der Waals surface area contributed by atoms with E-state index in [4.69, 9.17) is 5.73 Å². The van der Waals surface area contributed by atoms with Crippen LogP contribution in [0.25, 0.3) is 0 Å². The number of likely N-dealkylation sites (tertiary alicyclic amines) is 1. The Hall–Kier alpha value is -0.510. The molecule has 16 heavy (non-hydrogen) atoms. The van der Waals surface area contributed by atoms with Crippen molar-refractivity contribution in [3.05, 3.63) is 29.8 Å². The second-order valence-corrected chi connectivity index (χ2v) is 5.68. The zero-order chi connectivity index (χ0) is 11.4. The van der Waals surface area contributed by atoms with E-state index in [2.05, 4.69) is 36.1 Å². The van der Waals surface area contributed by atoms with Gasteiger partial charge < -0.3 is 10.6 Å². The maximum atomic E-state index is 5.88. The summed E-state index contributed by atoms with van der Waals surface area (Å²) in [5.41, 5.74) is 7.20. The Morgan fingerprint density at radius 1 is 1.38 bits per heavy atom. The van der Waals surface area contributed by atoms with E-state index in [0.29, 0.717) is 6.04 Å². The van der Waals surface area contributed by atoms with Crippen LogP contribution >= 0.6 is 11.8 Å². The molecule has 0 amide bonds. The zero-order valence-corrected chi connectivity index (χ0v) is 10.7. The molecule has 2 nitrogen and oxygen atoms in total. The number of rotatable bonds is 4. The molecule has 0 aliphatic carbocycles. The van der Waals surface area contributed by atoms with Gasteiger partial charge in [-0.05, 0) is 32.0 Å². The minimum absolute atomic E-state index is 0.407. The van der Waals surface area contributed by atoms with Crippen molar-refractivity contribution in [3.8, 4) is 0 Å². The van der Waals surface area contributed by atoms with Gasteiger partial charge in [0.15, 0.2) is 0 Å². The maximum Gasteiger partial charge on any atom is 0.0180 e. The maximum absolute atomic E-state index is 5.88. The Balaban J connectivity index is 1.70. The first-order chi connectivity index (χ1) is 7.74. The largest absolute Gasteiger partial charge is 0.326 e. The average molecular weight is 236 g/mol. The molecular formula is C13H20N2S. The molecule has 3 heteroatoms. The molecule has 0 bridgehead atoms. The Bertz CT molecular complexity index is 323. The van der Waals surface area contributed by atoms with E-state index in [-0.39, 0.29) is 0 Å². The normalized spacial score (nSPS) is 21.5. The second-order valence-electron chi connectivity index (χ2n) is 4.51. The van der Waals surface area contributed by atoms with E-state index in [1.165, 1.54) is 17.0 Å². The second kappa shape index (κ2) is 5.71. The van der Waals surface area contributed by atoms with Gasteiger partial charge in [0.2, 0.25) is 0 Å². The summed E-state index contributed by atoms with van der Waals surface area (Å²) in [6.45, 7) is 5.54. The fraction of sp³-hybridized carbons (Fsp3) is 0.538. The summed E-state index contributed by atoms with van der Waals surface area (Å²) in [6, 6.07) is 9.16. The first-order valence-electron chi connectivity index (χ1n) is 5.91. The van der Waals surface area contributed by atoms with E-state index in [9.17, 15) is 0 Å². The molecule has 1 fully saturated rings. The van der Waals surface area contributed by atoms with Crippen molar-refractivity contribution in [3.63, 3.8) is 0 Å². The van der Waals surface area contributed by atoms with E-state index >= 15 is 0 Å². The van der Waals surface area contributed by atoms with Crippen LogP contribution in [0, 0.1) is 6.92 Å². The standard InChI is InChI=1S/C13H20N2S/c1-11-2-4-13(5-3-11)16-9-8-15-7-6-12(14)10-15/h2-5,12H,6-10,14H2,1H3. The van der Waals surface area contributed by atoms with Gasteiger partial charge in [-0.3, -0.25) is 0 Å². The molecule has 1 atom stereocenters. The molecular weight excluding hydrogens is 216 g/mol. The molecule has 1 aliphatic rings. The summed E-state index contributed by atoms with van der Waals surface area (Å²) in [7, 11) is 0. The highest BCUT2D eigenvalue weighted by atomic mass is 32.2. The van der Waals surface area contributed by atoms with Crippen LogP contribution < -0.4 is 5.73 Å². The SMILES string of the molecule is Cc1ccc(SCCN2CCC(N)C2)cc1. The number of nitrogens with zero attached hydrogens (tertiary/aromatic N) is 1. The Morgan fingerprint density at radius 3 is 2.75 bits per heavy atom. The highest BCUT2D eigenvalue weighted by Crippen LogP contribution is 2.19. The molecule has 1 heterocycles. The Kier molecular flexibility index (Phi) is 4.27. The predicted molar refractivity (Wildman–Crippen MR) is 70.9 cm³/mol. The third kappa shape index (κ3) is 3.51. The lowest BCUT2D eigenvalue weighted by Crippen LogP contribution is -2.28. The van der Waals surface area contributed by atoms with E-state index in [1.54, 1.807) is 0 Å². The lowest BCUT2D eigenvalue weighted by atomic mass is 10.2.